The molecule has 0 bridgehead atoms. The van der Waals surface area contributed by atoms with E-state index in [-0.39, 0.29) is 5.78 Å². The SMILES string of the molecule is CC(=O)C1=C/C(B(O)O)C=CC/C=C\1. The van der Waals surface area contributed by atoms with Crippen molar-refractivity contribution in [3.05, 3.63) is 36.0 Å². The molecule has 0 radical (unpaired) electrons. The van der Waals surface area contributed by atoms with Crippen LogP contribution in [-0.2, 0) is 4.79 Å². The van der Waals surface area contributed by atoms with Crippen molar-refractivity contribution in [2.24, 2.45) is 0 Å². The quantitative estimate of drug-likeness (QED) is 0.503. The van der Waals surface area contributed by atoms with E-state index in [1.807, 2.05) is 12.2 Å². The third-order valence-corrected chi connectivity index (χ3v) is 2.05. The molecule has 1 unspecified atom stereocenters. The number of ketones is 1. The highest BCUT2D eigenvalue weighted by atomic mass is 16.4. The summed E-state index contributed by atoms with van der Waals surface area (Å²) in [5.41, 5.74) is 0.521. The largest absolute Gasteiger partial charge is 0.462 e. The molecule has 0 aliphatic heterocycles. The van der Waals surface area contributed by atoms with Gasteiger partial charge in [-0.2, -0.15) is 0 Å². The van der Waals surface area contributed by atoms with Crippen LogP contribution in [0.15, 0.2) is 36.0 Å². The van der Waals surface area contributed by atoms with Gasteiger partial charge in [0.15, 0.2) is 5.78 Å². The molecular formula is C10H13BO3. The van der Waals surface area contributed by atoms with Crippen LogP contribution in [0.5, 0.6) is 0 Å². The molecule has 1 atom stereocenters. The van der Waals surface area contributed by atoms with Gasteiger partial charge in [0.25, 0.3) is 0 Å². The minimum Gasteiger partial charge on any atom is -0.426 e. The van der Waals surface area contributed by atoms with Crippen LogP contribution in [0.25, 0.3) is 0 Å². The van der Waals surface area contributed by atoms with Crippen molar-refractivity contribution in [3.8, 4) is 0 Å². The van der Waals surface area contributed by atoms with Crippen molar-refractivity contribution in [3.63, 3.8) is 0 Å². The first-order valence-corrected chi connectivity index (χ1v) is 4.53. The number of carbonyl (C=O) groups is 1. The van der Waals surface area contributed by atoms with Crippen molar-refractivity contribution in [2.45, 2.75) is 19.2 Å². The van der Waals surface area contributed by atoms with Gasteiger partial charge in [-0.3, -0.25) is 4.79 Å². The molecule has 0 spiro atoms. The van der Waals surface area contributed by atoms with Crippen LogP contribution in [-0.4, -0.2) is 22.9 Å². The summed E-state index contributed by atoms with van der Waals surface area (Å²) in [6.45, 7) is 1.46. The molecule has 1 aliphatic rings. The van der Waals surface area contributed by atoms with Crippen LogP contribution < -0.4 is 0 Å². The van der Waals surface area contributed by atoms with E-state index in [2.05, 4.69) is 0 Å². The lowest BCUT2D eigenvalue weighted by molar-refractivity contribution is -0.113. The molecule has 0 heterocycles. The lowest BCUT2D eigenvalue weighted by Gasteiger charge is -2.09. The Kier molecular flexibility index (Phi) is 3.86. The molecule has 0 aromatic carbocycles. The van der Waals surface area contributed by atoms with Gasteiger partial charge in [-0.15, -0.1) is 0 Å². The van der Waals surface area contributed by atoms with E-state index in [1.165, 1.54) is 6.92 Å². The summed E-state index contributed by atoms with van der Waals surface area (Å²) in [7, 11) is -1.45. The Labute approximate surface area is 83.6 Å². The summed E-state index contributed by atoms with van der Waals surface area (Å²) in [6, 6.07) is 0. The summed E-state index contributed by atoms with van der Waals surface area (Å²) in [6.07, 6.45) is 9.38. The van der Waals surface area contributed by atoms with E-state index in [9.17, 15) is 4.79 Å². The van der Waals surface area contributed by atoms with E-state index < -0.39 is 12.9 Å². The van der Waals surface area contributed by atoms with Gasteiger partial charge in [-0.25, -0.2) is 0 Å². The summed E-state index contributed by atoms with van der Waals surface area (Å²) in [5.74, 6) is -0.568. The van der Waals surface area contributed by atoms with Crippen LogP contribution in [0.3, 0.4) is 0 Å². The maximum atomic E-state index is 11.1. The molecule has 1 aliphatic carbocycles. The molecule has 2 N–H and O–H groups in total. The standard InChI is InChI=1S/C10H13BO3/c1-8(12)9-5-3-2-4-6-10(7-9)11(13)14/h3-7,10,13-14H,2H2,1H3/b5-3-,6-4?,9-7+. The fourth-order valence-corrected chi connectivity index (χ4v) is 1.25. The third-order valence-electron chi connectivity index (χ3n) is 2.05. The summed E-state index contributed by atoms with van der Waals surface area (Å²) in [4.78, 5) is 11.1. The van der Waals surface area contributed by atoms with Gasteiger partial charge in [-0.1, -0.05) is 30.4 Å². The van der Waals surface area contributed by atoms with Crippen LogP contribution in [0.4, 0.5) is 0 Å². The Bertz CT molecular complexity index is 302. The number of hydrogen-bond donors (Lipinski definition) is 2. The third kappa shape index (κ3) is 2.98. The molecule has 0 amide bonds. The van der Waals surface area contributed by atoms with Gasteiger partial charge < -0.3 is 10.0 Å². The predicted octanol–water partition coefficient (Wildman–Crippen LogP) is 0.861. The molecule has 74 valence electrons. The second kappa shape index (κ2) is 4.93. The average Bonchev–Trinajstić information content (AvgIpc) is 2.01. The van der Waals surface area contributed by atoms with Gasteiger partial charge >= 0.3 is 7.12 Å². The zero-order valence-electron chi connectivity index (χ0n) is 8.05. The predicted molar refractivity (Wildman–Crippen MR) is 55.6 cm³/mol. The second-order valence-corrected chi connectivity index (χ2v) is 3.24. The monoisotopic (exact) mass is 192 g/mol. The molecule has 14 heavy (non-hydrogen) atoms. The Morgan fingerprint density at radius 2 is 2.21 bits per heavy atom. The minimum absolute atomic E-state index is 0.0674. The zero-order valence-corrected chi connectivity index (χ0v) is 8.05. The zero-order chi connectivity index (χ0) is 10.6. The van der Waals surface area contributed by atoms with Gasteiger partial charge in [-0.05, 0) is 13.3 Å². The summed E-state index contributed by atoms with van der Waals surface area (Å²) in [5, 5.41) is 18.0. The van der Waals surface area contributed by atoms with E-state index in [0.29, 0.717) is 12.0 Å². The summed E-state index contributed by atoms with van der Waals surface area (Å²) >= 11 is 0. The number of rotatable bonds is 2. The number of allylic oxidation sites excluding steroid dienone is 6. The Balaban J connectivity index is 2.96. The molecule has 0 aromatic rings. The van der Waals surface area contributed by atoms with Gasteiger partial charge in [0.2, 0.25) is 0 Å². The minimum atomic E-state index is -1.45. The van der Waals surface area contributed by atoms with Crippen LogP contribution >= 0.6 is 0 Å². The maximum Gasteiger partial charge on any atom is 0.462 e. The van der Waals surface area contributed by atoms with Gasteiger partial charge in [0, 0.05) is 11.4 Å². The molecule has 4 heteroatoms. The molecule has 1 rings (SSSR count). The normalized spacial score (nSPS) is 27.1. The van der Waals surface area contributed by atoms with Crippen molar-refractivity contribution in [2.75, 3.05) is 0 Å². The topological polar surface area (TPSA) is 57.5 Å². The van der Waals surface area contributed by atoms with E-state index in [1.54, 1.807) is 18.2 Å². The van der Waals surface area contributed by atoms with Gasteiger partial charge in [0.05, 0.1) is 0 Å². The first-order chi connectivity index (χ1) is 6.61. The molecule has 0 fully saturated rings. The Hall–Kier alpha value is -1.13. The van der Waals surface area contributed by atoms with E-state index in [0.717, 1.165) is 0 Å². The average molecular weight is 192 g/mol. The lowest BCUT2D eigenvalue weighted by atomic mass is 9.71. The highest BCUT2D eigenvalue weighted by Gasteiger charge is 2.19. The molecule has 3 nitrogen and oxygen atoms in total. The van der Waals surface area contributed by atoms with Crippen LogP contribution in [0.2, 0.25) is 5.82 Å². The molecule has 0 aromatic heterocycles. The molecular weight excluding hydrogens is 179 g/mol. The first kappa shape index (κ1) is 11.0. The highest BCUT2D eigenvalue weighted by Crippen LogP contribution is 2.18. The summed E-state index contributed by atoms with van der Waals surface area (Å²) < 4.78 is 0. The molecule has 0 saturated carbocycles. The van der Waals surface area contributed by atoms with E-state index in [4.69, 9.17) is 10.0 Å². The first-order valence-electron chi connectivity index (χ1n) is 4.53. The Morgan fingerprint density at radius 3 is 2.79 bits per heavy atom. The maximum absolute atomic E-state index is 11.1. The van der Waals surface area contributed by atoms with Crippen LogP contribution in [0, 0.1) is 0 Å². The van der Waals surface area contributed by atoms with Gasteiger partial charge in [0.1, 0.15) is 0 Å². The second-order valence-electron chi connectivity index (χ2n) is 3.24. The number of Topliss-reactive ketones (excluding diaryl/α,β-unsaturated/α-hetero) is 1. The van der Waals surface area contributed by atoms with E-state index >= 15 is 0 Å². The smallest absolute Gasteiger partial charge is 0.426 e. The van der Waals surface area contributed by atoms with Crippen molar-refractivity contribution >= 4 is 12.9 Å². The Morgan fingerprint density at radius 1 is 1.50 bits per heavy atom. The number of hydrogen-bond acceptors (Lipinski definition) is 3. The highest BCUT2D eigenvalue weighted by molar-refractivity contribution is 6.44. The van der Waals surface area contributed by atoms with Crippen molar-refractivity contribution in [1.82, 2.24) is 0 Å². The van der Waals surface area contributed by atoms with Crippen LogP contribution in [0.1, 0.15) is 13.3 Å². The lowest BCUT2D eigenvalue weighted by Crippen LogP contribution is -2.18. The molecule has 0 saturated heterocycles. The number of carbonyl (C=O) groups excluding carboxylic acids is 1. The fourth-order valence-electron chi connectivity index (χ4n) is 1.25. The van der Waals surface area contributed by atoms with Crippen molar-refractivity contribution in [1.29, 1.82) is 0 Å². The fraction of sp³-hybridized carbons (Fsp3) is 0.300. The van der Waals surface area contributed by atoms with Crippen molar-refractivity contribution < 1.29 is 14.8 Å².